The first kappa shape index (κ1) is 15.0. The fraction of sp³-hybridized carbons (Fsp3) is 0. The maximum atomic E-state index is 4.68. The van der Waals surface area contributed by atoms with Crippen LogP contribution < -0.4 is 0 Å². The van der Waals surface area contributed by atoms with Crippen molar-refractivity contribution in [2.75, 3.05) is 0 Å². The van der Waals surface area contributed by atoms with Gasteiger partial charge < -0.3 is 0 Å². The van der Waals surface area contributed by atoms with E-state index in [1.54, 1.807) is 22.7 Å². The minimum Gasteiger partial charge on any atom is -0.298 e. The van der Waals surface area contributed by atoms with Gasteiger partial charge in [-0.25, -0.2) is 4.98 Å². The van der Waals surface area contributed by atoms with Gasteiger partial charge in [-0.3, -0.25) is 14.4 Å². The molecule has 128 valence electrons. The SMILES string of the molecule is c1cc2scc(-c3ccc(-c4nccc5ccsc45)n4ccnc34)c2cn1. The van der Waals surface area contributed by atoms with E-state index in [-0.39, 0.29) is 0 Å². The van der Waals surface area contributed by atoms with Crippen LogP contribution in [0.4, 0.5) is 0 Å². The van der Waals surface area contributed by atoms with Gasteiger partial charge in [-0.1, -0.05) is 0 Å². The normalized spacial score (nSPS) is 11.7. The zero-order chi connectivity index (χ0) is 17.8. The van der Waals surface area contributed by atoms with Gasteiger partial charge in [-0.2, -0.15) is 0 Å². The van der Waals surface area contributed by atoms with Crippen LogP contribution in [0.15, 0.2) is 72.1 Å². The summed E-state index contributed by atoms with van der Waals surface area (Å²) in [5.41, 5.74) is 5.27. The molecule has 6 aromatic heterocycles. The molecule has 0 unspecified atom stereocenters. The summed E-state index contributed by atoms with van der Waals surface area (Å²) in [7, 11) is 0. The Morgan fingerprint density at radius 2 is 1.85 bits per heavy atom. The van der Waals surface area contributed by atoms with Gasteiger partial charge in [0, 0.05) is 52.2 Å². The summed E-state index contributed by atoms with van der Waals surface area (Å²) in [6, 6.07) is 10.5. The average molecular weight is 384 g/mol. The molecule has 6 heterocycles. The number of thiophene rings is 2. The molecular weight excluding hydrogens is 372 g/mol. The van der Waals surface area contributed by atoms with Crippen LogP contribution >= 0.6 is 22.7 Å². The average Bonchev–Trinajstić information content (AvgIpc) is 3.45. The summed E-state index contributed by atoms with van der Waals surface area (Å²) in [6.45, 7) is 0. The van der Waals surface area contributed by atoms with Crippen molar-refractivity contribution in [2.24, 2.45) is 0 Å². The third-order valence-corrected chi connectivity index (χ3v) is 6.73. The number of imidazole rings is 1. The molecule has 0 amide bonds. The number of hydrogen-bond donors (Lipinski definition) is 0. The van der Waals surface area contributed by atoms with Crippen LogP contribution in [-0.4, -0.2) is 19.4 Å². The van der Waals surface area contributed by atoms with Crippen molar-refractivity contribution in [2.45, 2.75) is 0 Å². The highest BCUT2D eigenvalue weighted by molar-refractivity contribution is 7.18. The van der Waals surface area contributed by atoms with Gasteiger partial charge in [-0.05, 0) is 46.5 Å². The Bertz CT molecular complexity index is 1440. The van der Waals surface area contributed by atoms with Gasteiger partial charge >= 0.3 is 0 Å². The van der Waals surface area contributed by atoms with Crippen LogP contribution in [0.25, 0.3) is 48.3 Å². The molecule has 0 N–H and O–H groups in total. The molecule has 0 saturated heterocycles. The Balaban J connectivity index is 1.64. The van der Waals surface area contributed by atoms with E-state index in [0.29, 0.717) is 0 Å². The molecule has 0 radical (unpaired) electrons. The van der Waals surface area contributed by atoms with Crippen LogP contribution in [0.5, 0.6) is 0 Å². The van der Waals surface area contributed by atoms with E-state index < -0.39 is 0 Å². The molecule has 6 aromatic rings. The van der Waals surface area contributed by atoms with E-state index in [0.717, 1.165) is 22.6 Å². The molecular formula is C21H12N4S2. The molecule has 0 aromatic carbocycles. The summed E-state index contributed by atoms with van der Waals surface area (Å²) in [5, 5.41) is 6.68. The fourth-order valence-electron chi connectivity index (χ4n) is 3.57. The zero-order valence-corrected chi connectivity index (χ0v) is 15.7. The smallest absolute Gasteiger partial charge is 0.145 e. The van der Waals surface area contributed by atoms with E-state index in [1.165, 1.54) is 25.7 Å². The van der Waals surface area contributed by atoms with E-state index in [4.69, 9.17) is 0 Å². The van der Waals surface area contributed by atoms with Gasteiger partial charge in [-0.15, -0.1) is 22.7 Å². The number of nitrogens with zero attached hydrogens (tertiary/aromatic N) is 4. The second-order valence-electron chi connectivity index (χ2n) is 6.27. The summed E-state index contributed by atoms with van der Waals surface area (Å²) in [5.74, 6) is 0. The van der Waals surface area contributed by atoms with Crippen molar-refractivity contribution >= 4 is 48.5 Å². The third kappa shape index (κ3) is 2.17. The molecule has 4 nitrogen and oxygen atoms in total. The largest absolute Gasteiger partial charge is 0.298 e. The molecule has 6 rings (SSSR count). The summed E-state index contributed by atoms with van der Waals surface area (Å²) < 4.78 is 4.57. The second kappa shape index (κ2) is 5.70. The van der Waals surface area contributed by atoms with Gasteiger partial charge in [0.15, 0.2) is 0 Å². The lowest BCUT2D eigenvalue weighted by Gasteiger charge is -2.09. The van der Waals surface area contributed by atoms with Gasteiger partial charge in [0.1, 0.15) is 11.3 Å². The Hall–Kier alpha value is -3.09. The minimum atomic E-state index is 0.936. The predicted molar refractivity (Wildman–Crippen MR) is 112 cm³/mol. The first-order valence-electron chi connectivity index (χ1n) is 8.50. The van der Waals surface area contributed by atoms with Crippen molar-refractivity contribution in [1.29, 1.82) is 0 Å². The summed E-state index contributed by atoms with van der Waals surface area (Å²) >= 11 is 3.46. The van der Waals surface area contributed by atoms with Crippen LogP contribution in [0.1, 0.15) is 0 Å². The van der Waals surface area contributed by atoms with Crippen molar-refractivity contribution in [3.63, 3.8) is 0 Å². The Morgan fingerprint density at radius 1 is 0.852 bits per heavy atom. The van der Waals surface area contributed by atoms with E-state index >= 15 is 0 Å². The van der Waals surface area contributed by atoms with Crippen LogP contribution in [0, 0.1) is 0 Å². The second-order valence-corrected chi connectivity index (χ2v) is 8.10. The molecule has 0 aliphatic carbocycles. The Kier molecular flexibility index (Phi) is 3.17. The first-order chi connectivity index (χ1) is 13.4. The lowest BCUT2D eigenvalue weighted by molar-refractivity contribution is 1.17. The molecule has 27 heavy (non-hydrogen) atoms. The molecule has 6 heteroatoms. The van der Waals surface area contributed by atoms with Crippen LogP contribution in [-0.2, 0) is 0 Å². The fourth-order valence-corrected chi connectivity index (χ4v) is 5.39. The highest BCUT2D eigenvalue weighted by atomic mass is 32.1. The standard InChI is InChI=1S/C21H12N4S2/c1-2-17(19-20-13(3-7-23-19)5-10-26-20)25-9-8-24-21(25)14(1)16-12-27-18-4-6-22-11-15(16)18/h1-12H. The quantitative estimate of drug-likeness (QED) is 0.374. The number of rotatable bonds is 2. The Labute approximate surface area is 162 Å². The lowest BCUT2D eigenvalue weighted by atomic mass is 10.1. The van der Waals surface area contributed by atoms with Crippen molar-refractivity contribution in [3.8, 4) is 22.5 Å². The zero-order valence-electron chi connectivity index (χ0n) is 14.0. The molecule has 0 bridgehead atoms. The van der Waals surface area contributed by atoms with Crippen molar-refractivity contribution in [3.05, 3.63) is 72.1 Å². The highest BCUT2D eigenvalue weighted by Crippen LogP contribution is 2.37. The van der Waals surface area contributed by atoms with Crippen LogP contribution in [0.3, 0.4) is 0 Å². The molecule has 0 spiro atoms. The Morgan fingerprint density at radius 3 is 2.85 bits per heavy atom. The van der Waals surface area contributed by atoms with Gasteiger partial charge in [0.2, 0.25) is 0 Å². The van der Waals surface area contributed by atoms with Crippen LogP contribution in [0.2, 0.25) is 0 Å². The predicted octanol–water partition coefficient (Wildman–Crippen LogP) is 5.89. The molecule has 0 fully saturated rings. The number of aromatic nitrogens is 4. The van der Waals surface area contributed by atoms with Crippen molar-refractivity contribution in [1.82, 2.24) is 19.4 Å². The number of fused-ring (bicyclic) bond motifs is 3. The van der Waals surface area contributed by atoms with E-state index in [9.17, 15) is 0 Å². The van der Waals surface area contributed by atoms with Crippen molar-refractivity contribution < 1.29 is 0 Å². The topological polar surface area (TPSA) is 43.1 Å². The molecule has 0 aliphatic rings. The number of hydrogen-bond acceptors (Lipinski definition) is 5. The van der Waals surface area contributed by atoms with E-state index in [1.807, 2.05) is 31.0 Å². The van der Waals surface area contributed by atoms with Gasteiger partial charge in [0.05, 0.1) is 10.4 Å². The number of pyridine rings is 3. The van der Waals surface area contributed by atoms with Gasteiger partial charge in [0.25, 0.3) is 0 Å². The minimum absolute atomic E-state index is 0.936. The monoisotopic (exact) mass is 384 g/mol. The summed E-state index contributed by atoms with van der Waals surface area (Å²) in [6.07, 6.45) is 9.50. The maximum Gasteiger partial charge on any atom is 0.145 e. The van der Waals surface area contributed by atoms with E-state index in [2.05, 4.69) is 60.4 Å². The first-order valence-corrected chi connectivity index (χ1v) is 10.3. The highest BCUT2D eigenvalue weighted by Gasteiger charge is 2.16. The summed E-state index contributed by atoms with van der Waals surface area (Å²) in [4.78, 5) is 13.6. The molecule has 0 saturated carbocycles. The lowest BCUT2D eigenvalue weighted by Crippen LogP contribution is -1.95. The maximum absolute atomic E-state index is 4.68. The molecule has 0 atom stereocenters. The molecule has 0 aliphatic heterocycles. The third-order valence-electron chi connectivity index (χ3n) is 4.83.